The molecule has 0 aliphatic heterocycles. The second-order valence-electron chi connectivity index (χ2n) is 3.73. The first kappa shape index (κ1) is 13.2. The second-order valence-corrected chi connectivity index (χ2v) is 5.17. The smallest absolute Gasteiger partial charge is 0.137 e. The van der Waals surface area contributed by atoms with Crippen molar-refractivity contribution in [1.29, 1.82) is 0 Å². The molecule has 3 heteroatoms. The minimum absolute atomic E-state index is 0.169. The fraction of sp³-hybridized carbons (Fsp3) is 0.500. The number of halogens is 3. The summed E-state index contributed by atoms with van der Waals surface area (Å²) < 4.78 is 13.9. The molecule has 84 valence electrons. The third kappa shape index (κ3) is 3.87. The Morgan fingerprint density at radius 3 is 2.73 bits per heavy atom. The van der Waals surface area contributed by atoms with Crippen molar-refractivity contribution in [1.82, 2.24) is 0 Å². The molecule has 0 aliphatic rings. The molecule has 0 saturated heterocycles. The monoisotopic (exact) mass is 336 g/mol. The molecule has 0 bridgehead atoms. The van der Waals surface area contributed by atoms with Gasteiger partial charge in [0.2, 0.25) is 0 Å². The lowest BCUT2D eigenvalue weighted by Crippen LogP contribution is -2.06. The van der Waals surface area contributed by atoms with Crippen LogP contribution in [-0.2, 0) is 6.42 Å². The highest BCUT2D eigenvalue weighted by atomic mass is 79.9. The van der Waals surface area contributed by atoms with Gasteiger partial charge in [-0.25, -0.2) is 4.39 Å². The first-order valence-electron chi connectivity index (χ1n) is 5.17. The third-order valence-electron chi connectivity index (χ3n) is 2.46. The molecule has 0 aliphatic carbocycles. The summed E-state index contributed by atoms with van der Waals surface area (Å²) in [5.74, 6) is 0.422. The quantitative estimate of drug-likeness (QED) is 0.667. The van der Waals surface area contributed by atoms with Crippen molar-refractivity contribution in [2.75, 3.05) is 5.33 Å². The highest BCUT2D eigenvalue weighted by molar-refractivity contribution is 9.10. The van der Waals surface area contributed by atoms with E-state index in [0.717, 1.165) is 17.3 Å². The Kier molecular flexibility index (Phi) is 5.83. The van der Waals surface area contributed by atoms with E-state index in [0.29, 0.717) is 10.4 Å². The van der Waals surface area contributed by atoms with Crippen LogP contribution in [0.15, 0.2) is 22.7 Å². The summed E-state index contributed by atoms with van der Waals surface area (Å²) in [4.78, 5) is 0. The Bertz CT molecular complexity index is 312. The maximum absolute atomic E-state index is 13.3. The molecule has 0 N–H and O–H groups in total. The molecular weight excluding hydrogens is 323 g/mol. The Hall–Kier alpha value is 0.110. The van der Waals surface area contributed by atoms with E-state index in [1.807, 2.05) is 6.07 Å². The van der Waals surface area contributed by atoms with Crippen LogP contribution < -0.4 is 0 Å². The third-order valence-corrected chi connectivity index (χ3v) is 4.26. The molecule has 1 atom stereocenters. The van der Waals surface area contributed by atoms with E-state index in [2.05, 4.69) is 38.8 Å². The Morgan fingerprint density at radius 2 is 2.13 bits per heavy atom. The number of rotatable bonds is 5. The average Bonchev–Trinajstić information content (AvgIpc) is 2.24. The van der Waals surface area contributed by atoms with Crippen molar-refractivity contribution >= 4 is 31.9 Å². The van der Waals surface area contributed by atoms with Gasteiger partial charge in [0, 0.05) is 5.33 Å². The van der Waals surface area contributed by atoms with Crippen LogP contribution in [0.5, 0.6) is 0 Å². The minimum atomic E-state index is -0.169. The van der Waals surface area contributed by atoms with Gasteiger partial charge in [0.1, 0.15) is 5.82 Å². The molecule has 0 amide bonds. The van der Waals surface area contributed by atoms with Crippen LogP contribution in [0.1, 0.15) is 25.3 Å². The molecule has 0 aromatic heterocycles. The topological polar surface area (TPSA) is 0 Å². The maximum Gasteiger partial charge on any atom is 0.137 e. The van der Waals surface area contributed by atoms with Crippen LogP contribution in [0.2, 0.25) is 0 Å². The number of benzene rings is 1. The van der Waals surface area contributed by atoms with E-state index in [4.69, 9.17) is 0 Å². The zero-order chi connectivity index (χ0) is 11.3. The van der Waals surface area contributed by atoms with Crippen molar-refractivity contribution in [3.8, 4) is 0 Å². The fourth-order valence-corrected chi connectivity index (χ4v) is 2.64. The summed E-state index contributed by atoms with van der Waals surface area (Å²) in [6.07, 6.45) is 3.27. The summed E-state index contributed by atoms with van der Waals surface area (Å²) in [6, 6.07) is 5.24. The molecule has 1 rings (SSSR count). The van der Waals surface area contributed by atoms with Gasteiger partial charge < -0.3 is 0 Å². The molecule has 15 heavy (non-hydrogen) atoms. The van der Waals surface area contributed by atoms with Gasteiger partial charge in [-0.05, 0) is 46.3 Å². The van der Waals surface area contributed by atoms with Gasteiger partial charge in [-0.15, -0.1) is 0 Å². The fourth-order valence-electron chi connectivity index (χ4n) is 1.66. The average molecular weight is 338 g/mol. The lowest BCUT2D eigenvalue weighted by Gasteiger charge is -2.14. The van der Waals surface area contributed by atoms with Crippen LogP contribution in [0.4, 0.5) is 4.39 Å². The second kappa shape index (κ2) is 6.64. The SMILES string of the molecule is CCCC(CBr)Cc1cccc(F)c1Br. The van der Waals surface area contributed by atoms with Crippen molar-refractivity contribution in [2.45, 2.75) is 26.2 Å². The summed E-state index contributed by atoms with van der Waals surface area (Å²) in [5.41, 5.74) is 1.06. The van der Waals surface area contributed by atoms with Crippen molar-refractivity contribution in [3.05, 3.63) is 34.1 Å². The van der Waals surface area contributed by atoms with Crippen LogP contribution in [0.3, 0.4) is 0 Å². The van der Waals surface area contributed by atoms with Gasteiger partial charge in [-0.3, -0.25) is 0 Å². The first-order valence-corrected chi connectivity index (χ1v) is 7.09. The van der Waals surface area contributed by atoms with Gasteiger partial charge >= 0.3 is 0 Å². The summed E-state index contributed by atoms with van der Waals surface area (Å²) >= 11 is 6.81. The van der Waals surface area contributed by atoms with Crippen LogP contribution in [0.25, 0.3) is 0 Å². The van der Waals surface area contributed by atoms with Crippen LogP contribution in [0, 0.1) is 11.7 Å². The number of alkyl halides is 1. The molecule has 0 fully saturated rings. The van der Waals surface area contributed by atoms with Crippen molar-refractivity contribution in [3.63, 3.8) is 0 Å². The maximum atomic E-state index is 13.3. The molecule has 0 nitrogen and oxygen atoms in total. The van der Waals surface area contributed by atoms with E-state index < -0.39 is 0 Å². The Labute approximate surface area is 108 Å². The van der Waals surface area contributed by atoms with Gasteiger partial charge in [-0.2, -0.15) is 0 Å². The molecule has 0 radical (unpaired) electrons. The summed E-state index contributed by atoms with van der Waals surface area (Å²) in [6.45, 7) is 2.18. The molecule has 0 spiro atoms. The van der Waals surface area contributed by atoms with Gasteiger partial charge in [0.05, 0.1) is 4.47 Å². The van der Waals surface area contributed by atoms with E-state index >= 15 is 0 Å². The normalized spacial score (nSPS) is 12.8. The van der Waals surface area contributed by atoms with Gasteiger partial charge in [-0.1, -0.05) is 41.4 Å². The van der Waals surface area contributed by atoms with E-state index in [1.54, 1.807) is 6.07 Å². The zero-order valence-electron chi connectivity index (χ0n) is 8.77. The van der Waals surface area contributed by atoms with Gasteiger partial charge in [0.25, 0.3) is 0 Å². The molecule has 1 aromatic rings. The van der Waals surface area contributed by atoms with E-state index in [-0.39, 0.29) is 5.82 Å². The lowest BCUT2D eigenvalue weighted by atomic mass is 9.97. The summed E-state index contributed by atoms with van der Waals surface area (Å²) in [7, 11) is 0. The Balaban J connectivity index is 2.74. The van der Waals surface area contributed by atoms with Crippen molar-refractivity contribution < 1.29 is 4.39 Å². The standard InChI is InChI=1S/C12H15Br2F/c1-2-4-9(8-13)7-10-5-3-6-11(15)12(10)14/h3,5-6,9H,2,4,7-8H2,1H3. The highest BCUT2D eigenvalue weighted by Crippen LogP contribution is 2.25. The number of hydrogen-bond donors (Lipinski definition) is 0. The first-order chi connectivity index (χ1) is 7.19. The lowest BCUT2D eigenvalue weighted by molar-refractivity contribution is 0.529. The minimum Gasteiger partial charge on any atom is -0.206 e. The van der Waals surface area contributed by atoms with Crippen LogP contribution in [-0.4, -0.2) is 5.33 Å². The largest absolute Gasteiger partial charge is 0.206 e. The van der Waals surface area contributed by atoms with E-state index in [1.165, 1.54) is 18.9 Å². The van der Waals surface area contributed by atoms with E-state index in [9.17, 15) is 4.39 Å². The predicted molar refractivity (Wildman–Crippen MR) is 70.0 cm³/mol. The molecule has 1 unspecified atom stereocenters. The molecule has 0 heterocycles. The highest BCUT2D eigenvalue weighted by Gasteiger charge is 2.11. The summed E-state index contributed by atoms with van der Waals surface area (Å²) in [5, 5.41) is 0.976. The molecular formula is C12H15Br2F. The van der Waals surface area contributed by atoms with Crippen LogP contribution >= 0.6 is 31.9 Å². The zero-order valence-corrected chi connectivity index (χ0v) is 11.9. The van der Waals surface area contributed by atoms with Crippen molar-refractivity contribution in [2.24, 2.45) is 5.92 Å². The Morgan fingerprint density at radius 1 is 1.40 bits per heavy atom. The molecule has 1 aromatic carbocycles. The number of hydrogen-bond acceptors (Lipinski definition) is 0. The predicted octanol–water partition coefficient (Wildman–Crippen LogP) is 4.94. The molecule has 0 saturated carbocycles. The van der Waals surface area contributed by atoms with Gasteiger partial charge in [0.15, 0.2) is 0 Å².